The number of H-pyrrole nitrogens is 1. The average molecular weight is 220 g/mol. The van der Waals surface area contributed by atoms with E-state index in [4.69, 9.17) is 0 Å². The minimum Gasteiger partial charge on any atom is -0.268 e. The van der Waals surface area contributed by atoms with Crippen molar-refractivity contribution in [2.45, 2.75) is 6.92 Å². The number of rotatable bonds is 1. The fourth-order valence-corrected chi connectivity index (χ4v) is 1.28. The minimum absolute atomic E-state index is 0.178. The fraction of sp³-hybridized carbons (Fsp3) is 0.167. The predicted octanol–water partition coefficient (Wildman–Crippen LogP) is 2.33. The highest BCUT2D eigenvalue weighted by atomic mass is 19.1. The first-order valence-electron chi connectivity index (χ1n) is 4.75. The average Bonchev–Trinajstić information content (AvgIpc) is 2.32. The minimum atomic E-state index is -0.178. The Labute approximate surface area is 93.0 Å². The number of hydrogen-bond donors (Lipinski definition) is 1. The van der Waals surface area contributed by atoms with E-state index in [1.54, 1.807) is 6.20 Å². The van der Waals surface area contributed by atoms with Crippen molar-refractivity contribution in [1.82, 2.24) is 10.2 Å². The maximum Gasteiger partial charge on any atom is 0.264 e. The molecular weight excluding hydrogens is 207 g/mol. The second kappa shape index (κ2) is 5.80. The Hall–Kier alpha value is -1.97. The summed E-state index contributed by atoms with van der Waals surface area (Å²) in [4.78, 5) is 11.0. The van der Waals surface area contributed by atoms with Crippen molar-refractivity contribution in [1.29, 1.82) is 0 Å². The van der Waals surface area contributed by atoms with Crippen LogP contribution in [-0.4, -0.2) is 17.4 Å². The molecule has 0 amide bonds. The highest BCUT2D eigenvalue weighted by Crippen LogP contribution is 2.16. The van der Waals surface area contributed by atoms with Crippen molar-refractivity contribution in [2.24, 2.45) is 0 Å². The summed E-state index contributed by atoms with van der Waals surface area (Å²) in [5.74, 6) is 0. The molecule has 16 heavy (non-hydrogen) atoms. The van der Waals surface area contributed by atoms with Crippen molar-refractivity contribution >= 4 is 0 Å². The zero-order valence-corrected chi connectivity index (χ0v) is 9.20. The van der Waals surface area contributed by atoms with Crippen LogP contribution < -0.4 is 5.56 Å². The molecule has 0 aliphatic heterocycles. The molecule has 1 aromatic heterocycles. The molecule has 1 N–H and O–H groups in total. The summed E-state index contributed by atoms with van der Waals surface area (Å²) >= 11 is 0. The lowest BCUT2D eigenvalue weighted by atomic mass is 10.1. The Kier molecular flexibility index (Phi) is 4.39. The van der Waals surface area contributed by atoms with Gasteiger partial charge in [-0.15, -0.1) is 0 Å². The SMILES string of the molecule is CF.Cc1ccc(-c2cn[nH]c(=O)c2)cc1. The number of aromatic amines is 1. The van der Waals surface area contributed by atoms with Crippen LogP contribution in [0.15, 0.2) is 41.3 Å². The second-order valence-corrected chi connectivity index (χ2v) is 3.20. The van der Waals surface area contributed by atoms with Crippen molar-refractivity contribution in [3.8, 4) is 11.1 Å². The summed E-state index contributed by atoms with van der Waals surface area (Å²) in [5, 5.41) is 6.09. The monoisotopic (exact) mass is 220 g/mol. The van der Waals surface area contributed by atoms with Crippen molar-refractivity contribution in [3.05, 3.63) is 52.4 Å². The zero-order valence-electron chi connectivity index (χ0n) is 9.20. The van der Waals surface area contributed by atoms with E-state index in [0.29, 0.717) is 7.18 Å². The van der Waals surface area contributed by atoms with E-state index in [1.807, 2.05) is 31.2 Å². The summed E-state index contributed by atoms with van der Waals surface area (Å²) in [6.45, 7) is 2.03. The molecule has 0 aliphatic carbocycles. The molecule has 0 bridgehead atoms. The maximum absolute atomic E-state index is 11.0. The van der Waals surface area contributed by atoms with Gasteiger partial charge in [0.1, 0.15) is 0 Å². The standard InChI is InChI=1S/C11H10N2O.CH3F/c1-8-2-4-9(5-3-8)10-6-11(14)13-12-7-10;1-2/h2-7H,1H3,(H,13,14);1H3. The van der Waals surface area contributed by atoms with Gasteiger partial charge < -0.3 is 0 Å². The van der Waals surface area contributed by atoms with Gasteiger partial charge in [0.15, 0.2) is 0 Å². The number of benzene rings is 1. The molecule has 0 unspecified atom stereocenters. The lowest BCUT2D eigenvalue weighted by Gasteiger charge is -1.99. The highest BCUT2D eigenvalue weighted by molar-refractivity contribution is 5.61. The zero-order chi connectivity index (χ0) is 12.0. The van der Waals surface area contributed by atoms with Gasteiger partial charge in [-0.05, 0) is 12.5 Å². The number of aryl methyl sites for hydroxylation is 1. The fourth-order valence-electron chi connectivity index (χ4n) is 1.28. The van der Waals surface area contributed by atoms with Crippen molar-refractivity contribution in [3.63, 3.8) is 0 Å². The lowest BCUT2D eigenvalue weighted by Crippen LogP contribution is -2.05. The summed E-state index contributed by atoms with van der Waals surface area (Å²) in [7, 11) is 0.500. The maximum atomic E-state index is 11.0. The molecule has 0 radical (unpaired) electrons. The first kappa shape index (κ1) is 12.1. The van der Waals surface area contributed by atoms with Crippen LogP contribution in [0.3, 0.4) is 0 Å². The number of alkyl halides is 1. The van der Waals surface area contributed by atoms with Gasteiger partial charge in [-0.25, -0.2) is 5.10 Å². The van der Waals surface area contributed by atoms with Gasteiger partial charge in [0.2, 0.25) is 0 Å². The van der Waals surface area contributed by atoms with Gasteiger partial charge in [0.05, 0.1) is 13.4 Å². The summed E-state index contributed by atoms with van der Waals surface area (Å²) < 4.78 is 9.50. The Morgan fingerprint density at radius 1 is 1.12 bits per heavy atom. The van der Waals surface area contributed by atoms with E-state index in [1.165, 1.54) is 11.6 Å². The molecule has 0 atom stereocenters. The molecule has 84 valence electrons. The van der Waals surface area contributed by atoms with Gasteiger partial charge in [0, 0.05) is 11.6 Å². The Morgan fingerprint density at radius 3 is 2.31 bits per heavy atom. The molecule has 1 aromatic carbocycles. The smallest absolute Gasteiger partial charge is 0.264 e. The molecule has 2 rings (SSSR count). The predicted molar refractivity (Wildman–Crippen MR) is 62.1 cm³/mol. The molecule has 0 aliphatic rings. The molecule has 0 fully saturated rings. The van der Waals surface area contributed by atoms with Crippen molar-refractivity contribution < 1.29 is 4.39 Å². The number of aromatic nitrogens is 2. The highest BCUT2D eigenvalue weighted by Gasteiger charge is 1.97. The molecule has 1 heterocycles. The van der Waals surface area contributed by atoms with Gasteiger partial charge >= 0.3 is 0 Å². The second-order valence-electron chi connectivity index (χ2n) is 3.20. The summed E-state index contributed by atoms with van der Waals surface area (Å²) in [6.07, 6.45) is 1.64. The number of halogens is 1. The normalized spacial score (nSPS) is 9.19. The van der Waals surface area contributed by atoms with E-state index in [0.717, 1.165) is 11.1 Å². The van der Waals surface area contributed by atoms with Crippen LogP contribution in [0.4, 0.5) is 4.39 Å². The third-order valence-electron chi connectivity index (χ3n) is 2.05. The molecule has 0 spiro atoms. The van der Waals surface area contributed by atoms with Gasteiger partial charge in [0.25, 0.3) is 5.56 Å². The van der Waals surface area contributed by atoms with E-state index in [9.17, 15) is 9.18 Å². The van der Waals surface area contributed by atoms with Crippen molar-refractivity contribution in [2.75, 3.05) is 7.18 Å². The van der Waals surface area contributed by atoms with E-state index >= 15 is 0 Å². The Balaban J connectivity index is 0.000000606. The van der Waals surface area contributed by atoms with Crippen LogP contribution in [0, 0.1) is 6.92 Å². The number of nitrogens with zero attached hydrogens (tertiary/aromatic N) is 1. The Bertz CT molecular complexity index is 491. The third-order valence-corrected chi connectivity index (χ3v) is 2.05. The van der Waals surface area contributed by atoms with Crippen LogP contribution in [-0.2, 0) is 0 Å². The summed E-state index contributed by atoms with van der Waals surface area (Å²) in [5.41, 5.74) is 2.87. The van der Waals surface area contributed by atoms with Gasteiger partial charge in [-0.3, -0.25) is 9.18 Å². The first-order valence-corrected chi connectivity index (χ1v) is 4.75. The van der Waals surface area contributed by atoms with Crippen LogP contribution >= 0.6 is 0 Å². The topological polar surface area (TPSA) is 45.8 Å². The number of hydrogen-bond acceptors (Lipinski definition) is 2. The molecule has 0 saturated carbocycles. The van der Waals surface area contributed by atoms with Crippen LogP contribution in [0.1, 0.15) is 5.56 Å². The van der Waals surface area contributed by atoms with Gasteiger partial charge in [-0.2, -0.15) is 5.10 Å². The quantitative estimate of drug-likeness (QED) is 0.801. The van der Waals surface area contributed by atoms with Gasteiger partial charge in [-0.1, -0.05) is 29.8 Å². The van der Waals surface area contributed by atoms with Crippen LogP contribution in [0.2, 0.25) is 0 Å². The molecule has 4 heteroatoms. The molecular formula is C12H13FN2O. The molecule has 0 saturated heterocycles. The largest absolute Gasteiger partial charge is 0.268 e. The van der Waals surface area contributed by atoms with E-state index < -0.39 is 0 Å². The number of nitrogens with one attached hydrogen (secondary N) is 1. The summed E-state index contributed by atoms with van der Waals surface area (Å²) in [6, 6.07) is 9.52. The molecule has 3 nitrogen and oxygen atoms in total. The Morgan fingerprint density at radius 2 is 1.75 bits per heavy atom. The van der Waals surface area contributed by atoms with Crippen LogP contribution in [0.25, 0.3) is 11.1 Å². The molecule has 2 aromatic rings. The lowest BCUT2D eigenvalue weighted by molar-refractivity contribution is 0.636. The first-order chi connectivity index (χ1) is 7.75. The van der Waals surface area contributed by atoms with E-state index in [-0.39, 0.29) is 5.56 Å². The van der Waals surface area contributed by atoms with E-state index in [2.05, 4.69) is 10.2 Å². The van der Waals surface area contributed by atoms with Crippen LogP contribution in [0.5, 0.6) is 0 Å². The third kappa shape index (κ3) is 3.02.